The number of rotatable bonds is 8. The summed E-state index contributed by atoms with van der Waals surface area (Å²) in [4.78, 5) is 33.8. The summed E-state index contributed by atoms with van der Waals surface area (Å²) >= 11 is 0. The lowest BCUT2D eigenvalue weighted by Gasteiger charge is -2.26. The van der Waals surface area contributed by atoms with Crippen LogP contribution in [-0.4, -0.2) is 57.8 Å². The Balaban J connectivity index is 1.99. The van der Waals surface area contributed by atoms with Crippen molar-refractivity contribution in [1.29, 1.82) is 0 Å². The predicted octanol–water partition coefficient (Wildman–Crippen LogP) is 3.37. The molecule has 1 amide bonds. The Morgan fingerprint density at radius 2 is 1.83 bits per heavy atom. The van der Waals surface area contributed by atoms with E-state index in [1.54, 1.807) is 24.4 Å². The SMILES string of the molecule is CCN(CC)CCCN1C(=O)C(=O)/C(=C(/O)c2ccc(F)cc2)[C@@H]1c1ccccn1. The summed E-state index contributed by atoms with van der Waals surface area (Å²) in [5.41, 5.74) is 0.759. The van der Waals surface area contributed by atoms with Crippen LogP contribution in [0, 0.1) is 5.82 Å². The highest BCUT2D eigenvalue weighted by Gasteiger charge is 2.46. The molecule has 1 saturated heterocycles. The molecule has 6 nitrogen and oxygen atoms in total. The molecule has 158 valence electrons. The van der Waals surface area contributed by atoms with Crippen LogP contribution in [0.25, 0.3) is 5.76 Å². The molecule has 1 fully saturated rings. The van der Waals surface area contributed by atoms with E-state index in [9.17, 15) is 19.1 Å². The second-order valence-corrected chi connectivity index (χ2v) is 7.13. The predicted molar refractivity (Wildman–Crippen MR) is 112 cm³/mol. The van der Waals surface area contributed by atoms with Crippen molar-refractivity contribution in [1.82, 2.24) is 14.8 Å². The molecule has 3 rings (SSSR count). The molecular weight excluding hydrogens is 385 g/mol. The maximum Gasteiger partial charge on any atom is 0.295 e. The summed E-state index contributed by atoms with van der Waals surface area (Å²) in [5.74, 6) is -2.19. The fourth-order valence-corrected chi connectivity index (χ4v) is 3.72. The molecule has 1 N–H and O–H groups in total. The van der Waals surface area contributed by atoms with Crippen LogP contribution in [-0.2, 0) is 9.59 Å². The first-order chi connectivity index (χ1) is 14.5. The minimum Gasteiger partial charge on any atom is -0.507 e. The third-order valence-electron chi connectivity index (χ3n) is 5.39. The largest absolute Gasteiger partial charge is 0.507 e. The van der Waals surface area contributed by atoms with Crippen LogP contribution in [0.3, 0.4) is 0 Å². The molecule has 0 saturated carbocycles. The number of carbonyl (C=O) groups is 2. The number of aromatic nitrogens is 1. The van der Waals surface area contributed by atoms with E-state index in [1.165, 1.54) is 29.2 Å². The third-order valence-corrected chi connectivity index (χ3v) is 5.39. The van der Waals surface area contributed by atoms with Gasteiger partial charge in [0.1, 0.15) is 17.6 Å². The third kappa shape index (κ3) is 4.41. The van der Waals surface area contributed by atoms with Gasteiger partial charge in [0.15, 0.2) is 0 Å². The van der Waals surface area contributed by atoms with Gasteiger partial charge in [0.2, 0.25) is 0 Å². The number of Topliss-reactive ketones (excluding diaryl/α,β-unsaturated/α-hetero) is 1. The van der Waals surface area contributed by atoms with Crippen LogP contribution in [0.15, 0.2) is 54.2 Å². The van der Waals surface area contributed by atoms with Crippen molar-refractivity contribution in [2.45, 2.75) is 26.3 Å². The number of likely N-dealkylation sites (tertiary alicyclic amines) is 1. The van der Waals surface area contributed by atoms with Crippen LogP contribution in [0.5, 0.6) is 0 Å². The van der Waals surface area contributed by atoms with Crippen LogP contribution < -0.4 is 0 Å². The average Bonchev–Trinajstić information content (AvgIpc) is 3.02. The molecule has 7 heteroatoms. The van der Waals surface area contributed by atoms with E-state index in [4.69, 9.17) is 0 Å². The molecule has 0 bridgehead atoms. The van der Waals surface area contributed by atoms with Crippen LogP contribution in [0.2, 0.25) is 0 Å². The Hall–Kier alpha value is -3.06. The Bertz CT molecular complexity index is 924. The zero-order valence-corrected chi connectivity index (χ0v) is 17.2. The number of amides is 1. The lowest BCUT2D eigenvalue weighted by Crippen LogP contribution is -2.33. The highest BCUT2D eigenvalue weighted by atomic mass is 19.1. The van der Waals surface area contributed by atoms with Crippen molar-refractivity contribution >= 4 is 17.4 Å². The van der Waals surface area contributed by atoms with Gasteiger partial charge in [0.25, 0.3) is 11.7 Å². The van der Waals surface area contributed by atoms with Crippen molar-refractivity contribution in [3.05, 3.63) is 71.3 Å². The van der Waals surface area contributed by atoms with Gasteiger partial charge in [0, 0.05) is 18.3 Å². The number of aliphatic hydroxyl groups is 1. The number of carbonyl (C=O) groups excluding carboxylic acids is 2. The first-order valence-corrected chi connectivity index (χ1v) is 10.2. The smallest absolute Gasteiger partial charge is 0.295 e. The maximum absolute atomic E-state index is 13.3. The Kier molecular flexibility index (Phi) is 6.95. The lowest BCUT2D eigenvalue weighted by atomic mass is 9.98. The molecule has 0 radical (unpaired) electrons. The van der Waals surface area contributed by atoms with E-state index >= 15 is 0 Å². The molecule has 0 aliphatic carbocycles. The fraction of sp³-hybridized carbons (Fsp3) is 0.348. The molecule has 1 aromatic heterocycles. The standard InChI is InChI=1S/C23H26FN3O3/c1-3-26(4-2)14-7-15-27-20(18-8-5-6-13-25-18)19(22(29)23(27)30)21(28)16-9-11-17(24)12-10-16/h5-6,8-13,20,28H,3-4,7,14-15H2,1-2H3/b21-19+/t20-/m0/s1. The van der Waals surface area contributed by atoms with Gasteiger partial charge in [-0.2, -0.15) is 0 Å². The highest BCUT2D eigenvalue weighted by molar-refractivity contribution is 6.46. The summed E-state index contributed by atoms with van der Waals surface area (Å²) < 4.78 is 13.3. The summed E-state index contributed by atoms with van der Waals surface area (Å²) in [7, 11) is 0. The fourth-order valence-electron chi connectivity index (χ4n) is 3.72. The number of nitrogens with zero attached hydrogens (tertiary/aromatic N) is 3. The van der Waals surface area contributed by atoms with Gasteiger partial charge in [-0.05, 0) is 62.5 Å². The number of ketones is 1. The topological polar surface area (TPSA) is 73.7 Å². The Labute approximate surface area is 175 Å². The van der Waals surface area contributed by atoms with Gasteiger partial charge < -0.3 is 14.9 Å². The normalized spacial score (nSPS) is 18.4. The zero-order valence-electron chi connectivity index (χ0n) is 17.2. The van der Waals surface area contributed by atoms with E-state index in [0.29, 0.717) is 18.7 Å². The summed E-state index contributed by atoms with van der Waals surface area (Å²) in [6.07, 6.45) is 2.28. The molecule has 30 heavy (non-hydrogen) atoms. The molecular formula is C23H26FN3O3. The molecule has 1 aliphatic heterocycles. The maximum atomic E-state index is 13.3. The Morgan fingerprint density at radius 3 is 2.43 bits per heavy atom. The summed E-state index contributed by atoms with van der Waals surface area (Å²) in [5, 5.41) is 10.9. The van der Waals surface area contributed by atoms with Gasteiger partial charge >= 0.3 is 0 Å². The Morgan fingerprint density at radius 1 is 1.13 bits per heavy atom. The van der Waals surface area contributed by atoms with Gasteiger partial charge in [-0.25, -0.2) is 4.39 Å². The zero-order chi connectivity index (χ0) is 21.7. The number of benzene rings is 1. The van der Waals surface area contributed by atoms with E-state index in [0.717, 1.165) is 19.6 Å². The van der Waals surface area contributed by atoms with Gasteiger partial charge in [-0.15, -0.1) is 0 Å². The van der Waals surface area contributed by atoms with Crippen LogP contribution in [0.1, 0.15) is 37.6 Å². The number of aliphatic hydroxyl groups excluding tert-OH is 1. The van der Waals surface area contributed by atoms with E-state index in [-0.39, 0.29) is 16.9 Å². The molecule has 1 atom stereocenters. The van der Waals surface area contributed by atoms with Gasteiger partial charge in [-0.3, -0.25) is 14.6 Å². The molecule has 0 spiro atoms. The summed E-state index contributed by atoms with van der Waals surface area (Å²) in [6.45, 7) is 7.12. The van der Waals surface area contributed by atoms with E-state index < -0.39 is 23.5 Å². The molecule has 2 heterocycles. The number of hydrogen-bond donors (Lipinski definition) is 1. The minimum atomic E-state index is -0.784. The second kappa shape index (κ2) is 9.63. The minimum absolute atomic E-state index is 0.0202. The van der Waals surface area contributed by atoms with Crippen molar-refractivity contribution in [3.63, 3.8) is 0 Å². The van der Waals surface area contributed by atoms with Crippen molar-refractivity contribution in [3.8, 4) is 0 Å². The molecule has 1 aliphatic rings. The van der Waals surface area contributed by atoms with Crippen molar-refractivity contribution < 1.29 is 19.1 Å². The van der Waals surface area contributed by atoms with Crippen LogP contribution in [0.4, 0.5) is 4.39 Å². The van der Waals surface area contributed by atoms with E-state index in [1.807, 2.05) is 0 Å². The average molecular weight is 411 g/mol. The van der Waals surface area contributed by atoms with Gasteiger partial charge in [0.05, 0.1) is 11.3 Å². The number of hydrogen-bond acceptors (Lipinski definition) is 5. The number of halogens is 1. The van der Waals surface area contributed by atoms with Gasteiger partial charge in [-0.1, -0.05) is 19.9 Å². The molecule has 2 aromatic rings. The van der Waals surface area contributed by atoms with Crippen molar-refractivity contribution in [2.24, 2.45) is 0 Å². The summed E-state index contributed by atoms with van der Waals surface area (Å²) in [6, 6.07) is 9.63. The second-order valence-electron chi connectivity index (χ2n) is 7.13. The first kappa shape index (κ1) is 21.6. The lowest BCUT2D eigenvalue weighted by molar-refractivity contribution is -0.140. The molecule has 0 unspecified atom stereocenters. The van der Waals surface area contributed by atoms with E-state index in [2.05, 4.69) is 23.7 Å². The molecule has 1 aromatic carbocycles. The monoisotopic (exact) mass is 411 g/mol. The highest BCUT2D eigenvalue weighted by Crippen LogP contribution is 2.38. The quantitative estimate of drug-likeness (QED) is 0.410. The first-order valence-electron chi connectivity index (χ1n) is 10.2. The number of pyridine rings is 1. The van der Waals surface area contributed by atoms with Crippen LogP contribution >= 0.6 is 0 Å². The van der Waals surface area contributed by atoms with Crippen molar-refractivity contribution in [2.75, 3.05) is 26.2 Å².